The first-order valence-electron chi connectivity index (χ1n) is 10.8. The molecule has 3 rings (SSSR count). The number of nitriles is 1. The monoisotopic (exact) mass is 492 g/mol. The van der Waals surface area contributed by atoms with Gasteiger partial charge < -0.3 is 14.2 Å². The molecule has 0 atom stereocenters. The minimum absolute atomic E-state index is 0.0500. The van der Waals surface area contributed by atoms with Gasteiger partial charge in [-0.25, -0.2) is 8.42 Å². The molecule has 0 bridgehead atoms. The topological polar surface area (TPSA) is 97.7 Å². The molecule has 7 nitrogen and oxygen atoms in total. The molecule has 182 valence electrons. The molecule has 1 N–H and O–H groups in total. The van der Waals surface area contributed by atoms with Crippen molar-refractivity contribution in [1.29, 1.82) is 5.26 Å². The fourth-order valence-corrected chi connectivity index (χ4v) is 4.30. The maximum Gasteiger partial charge on any atom is 0.262 e. The standard InChI is InChI=1S/C27H28N2O5S/c1-6-16-33-25-19(18-28)10-15-24(26(25)34-22-9-7-8-21(17-22)32-5)29-35(30,31)23-13-11-20(12-14-23)27(2,3)4/h6-15,17,29H,1,16H2,2-5H3. The molecule has 0 saturated carbocycles. The van der Waals surface area contributed by atoms with Crippen LogP contribution >= 0.6 is 0 Å². The van der Waals surface area contributed by atoms with Gasteiger partial charge in [0.05, 0.1) is 23.3 Å². The van der Waals surface area contributed by atoms with Gasteiger partial charge in [0.2, 0.25) is 0 Å². The van der Waals surface area contributed by atoms with Crippen LogP contribution in [-0.4, -0.2) is 22.1 Å². The number of benzene rings is 3. The molecule has 0 radical (unpaired) electrons. The van der Waals surface area contributed by atoms with Gasteiger partial charge in [0.25, 0.3) is 10.0 Å². The predicted molar refractivity (Wildman–Crippen MR) is 136 cm³/mol. The Kier molecular flexibility index (Phi) is 7.72. The molecule has 0 amide bonds. The van der Waals surface area contributed by atoms with Crippen LogP contribution in [0.2, 0.25) is 0 Å². The molecule has 0 aliphatic carbocycles. The highest BCUT2D eigenvalue weighted by molar-refractivity contribution is 7.92. The third-order valence-electron chi connectivity index (χ3n) is 5.11. The van der Waals surface area contributed by atoms with Crippen LogP contribution in [0.1, 0.15) is 31.9 Å². The van der Waals surface area contributed by atoms with Gasteiger partial charge in [0.15, 0.2) is 11.5 Å². The molecule has 8 heteroatoms. The summed E-state index contributed by atoms with van der Waals surface area (Å²) in [6, 6.07) is 18.5. The Bertz CT molecular complexity index is 1350. The number of methoxy groups -OCH3 is 1. The van der Waals surface area contributed by atoms with E-state index in [4.69, 9.17) is 14.2 Å². The largest absolute Gasteiger partial charge is 0.497 e. The zero-order valence-corrected chi connectivity index (χ0v) is 21.0. The van der Waals surface area contributed by atoms with Crippen molar-refractivity contribution in [3.05, 3.63) is 84.4 Å². The predicted octanol–water partition coefficient (Wildman–Crippen LogP) is 6.02. The van der Waals surface area contributed by atoms with Gasteiger partial charge >= 0.3 is 0 Å². The van der Waals surface area contributed by atoms with Crippen molar-refractivity contribution >= 4 is 15.7 Å². The fourth-order valence-electron chi connectivity index (χ4n) is 3.24. The summed E-state index contributed by atoms with van der Waals surface area (Å²) < 4.78 is 46.1. The zero-order chi connectivity index (χ0) is 25.6. The third-order valence-corrected chi connectivity index (χ3v) is 6.50. The number of sulfonamides is 1. The quantitative estimate of drug-likeness (QED) is 0.367. The van der Waals surface area contributed by atoms with E-state index in [0.29, 0.717) is 11.5 Å². The molecule has 0 aliphatic heterocycles. The SMILES string of the molecule is C=CCOc1c(C#N)ccc(NS(=O)(=O)c2ccc(C(C)(C)C)cc2)c1Oc1cccc(OC)c1. The molecule has 0 saturated heterocycles. The highest BCUT2D eigenvalue weighted by atomic mass is 32.2. The third kappa shape index (κ3) is 6.14. The summed E-state index contributed by atoms with van der Waals surface area (Å²) in [6.07, 6.45) is 1.52. The van der Waals surface area contributed by atoms with Crippen LogP contribution in [0.3, 0.4) is 0 Å². The van der Waals surface area contributed by atoms with E-state index < -0.39 is 10.0 Å². The molecule has 0 aromatic heterocycles. The number of hydrogen-bond acceptors (Lipinski definition) is 6. The van der Waals surface area contributed by atoms with Crippen LogP contribution in [0.25, 0.3) is 0 Å². The Balaban J connectivity index is 2.07. The van der Waals surface area contributed by atoms with E-state index in [1.807, 2.05) is 0 Å². The summed E-state index contributed by atoms with van der Waals surface area (Å²) >= 11 is 0. The van der Waals surface area contributed by atoms with Crippen LogP contribution in [0, 0.1) is 11.3 Å². The lowest BCUT2D eigenvalue weighted by molar-refractivity contribution is 0.339. The van der Waals surface area contributed by atoms with E-state index in [9.17, 15) is 13.7 Å². The molecule has 0 spiro atoms. The molecule has 35 heavy (non-hydrogen) atoms. The van der Waals surface area contributed by atoms with E-state index >= 15 is 0 Å². The average Bonchev–Trinajstić information content (AvgIpc) is 2.83. The fraction of sp³-hybridized carbons (Fsp3) is 0.222. The minimum atomic E-state index is -3.97. The van der Waals surface area contributed by atoms with Crippen molar-refractivity contribution in [3.63, 3.8) is 0 Å². The number of anilines is 1. The summed E-state index contributed by atoms with van der Waals surface area (Å²) in [5.41, 5.74) is 1.20. The van der Waals surface area contributed by atoms with Crippen LogP contribution in [-0.2, 0) is 15.4 Å². The van der Waals surface area contributed by atoms with Crippen molar-refractivity contribution < 1.29 is 22.6 Å². The maximum atomic E-state index is 13.2. The maximum absolute atomic E-state index is 13.2. The van der Waals surface area contributed by atoms with E-state index in [-0.39, 0.29) is 39.7 Å². The van der Waals surface area contributed by atoms with Gasteiger partial charge in [-0.1, -0.05) is 51.6 Å². The van der Waals surface area contributed by atoms with Crippen LogP contribution < -0.4 is 18.9 Å². The average molecular weight is 493 g/mol. The first-order valence-corrected chi connectivity index (χ1v) is 12.3. The van der Waals surface area contributed by atoms with Crippen LogP contribution in [0.15, 0.2) is 78.2 Å². The second-order valence-electron chi connectivity index (χ2n) is 8.69. The second-order valence-corrected chi connectivity index (χ2v) is 10.4. The summed E-state index contributed by atoms with van der Waals surface area (Å²) in [6.45, 7) is 9.89. The molecule has 0 heterocycles. The Morgan fingerprint density at radius 1 is 1.03 bits per heavy atom. The number of hydrogen-bond donors (Lipinski definition) is 1. The van der Waals surface area contributed by atoms with Gasteiger partial charge in [-0.2, -0.15) is 5.26 Å². The van der Waals surface area contributed by atoms with E-state index in [1.165, 1.54) is 25.3 Å². The summed E-state index contributed by atoms with van der Waals surface area (Å²) in [5.74, 6) is 1.07. The van der Waals surface area contributed by atoms with Crippen LogP contribution in [0.5, 0.6) is 23.0 Å². The normalized spacial score (nSPS) is 11.3. The highest BCUT2D eigenvalue weighted by Gasteiger charge is 2.23. The van der Waals surface area contributed by atoms with Gasteiger partial charge in [-0.05, 0) is 47.4 Å². The molecule has 0 fully saturated rings. The summed E-state index contributed by atoms with van der Waals surface area (Å²) in [5, 5.41) is 9.61. The molecule has 0 unspecified atom stereocenters. The van der Waals surface area contributed by atoms with Crippen molar-refractivity contribution in [1.82, 2.24) is 0 Å². The Hall–Kier alpha value is -3.96. The first-order chi connectivity index (χ1) is 16.6. The molecular formula is C27H28N2O5S. The van der Waals surface area contributed by atoms with E-state index in [0.717, 1.165) is 5.56 Å². The van der Waals surface area contributed by atoms with E-state index in [2.05, 4.69) is 38.1 Å². The van der Waals surface area contributed by atoms with Gasteiger partial charge in [-0.15, -0.1) is 0 Å². The van der Waals surface area contributed by atoms with Crippen LogP contribution in [0.4, 0.5) is 5.69 Å². The van der Waals surface area contributed by atoms with Crippen molar-refractivity contribution in [2.24, 2.45) is 0 Å². The smallest absolute Gasteiger partial charge is 0.262 e. The summed E-state index contributed by atoms with van der Waals surface area (Å²) in [4.78, 5) is 0.0933. The van der Waals surface area contributed by atoms with E-state index in [1.54, 1.807) is 48.5 Å². The molecule has 3 aromatic carbocycles. The Morgan fingerprint density at radius 3 is 2.31 bits per heavy atom. The number of rotatable bonds is 9. The highest BCUT2D eigenvalue weighted by Crippen LogP contribution is 2.42. The molecule has 3 aromatic rings. The van der Waals surface area contributed by atoms with Gasteiger partial charge in [0.1, 0.15) is 24.2 Å². The van der Waals surface area contributed by atoms with Gasteiger partial charge in [0, 0.05) is 6.07 Å². The lowest BCUT2D eigenvalue weighted by Gasteiger charge is -2.20. The van der Waals surface area contributed by atoms with Crippen molar-refractivity contribution in [3.8, 4) is 29.1 Å². The number of nitrogens with one attached hydrogen (secondary N) is 1. The molecular weight excluding hydrogens is 464 g/mol. The second kappa shape index (κ2) is 10.5. The lowest BCUT2D eigenvalue weighted by atomic mass is 9.87. The van der Waals surface area contributed by atoms with Crippen molar-refractivity contribution in [2.45, 2.75) is 31.1 Å². The Labute approximate surface area is 206 Å². The van der Waals surface area contributed by atoms with Crippen molar-refractivity contribution in [2.75, 3.05) is 18.4 Å². The minimum Gasteiger partial charge on any atom is -0.497 e. The first kappa shape index (κ1) is 25.7. The Morgan fingerprint density at radius 2 is 1.71 bits per heavy atom. The summed E-state index contributed by atoms with van der Waals surface area (Å²) in [7, 11) is -2.45. The lowest BCUT2D eigenvalue weighted by Crippen LogP contribution is -2.15. The van der Waals surface area contributed by atoms with Gasteiger partial charge in [-0.3, -0.25) is 4.72 Å². The zero-order valence-electron chi connectivity index (χ0n) is 20.2. The number of ether oxygens (including phenoxy) is 3. The molecule has 0 aliphatic rings. The number of nitrogens with zero attached hydrogens (tertiary/aromatic N) is 1.